The van der Waals surface area contributed by atoms with Crippen LogP contribution < -0.4 is 29.6 Å². The van der Waals surface area contributed by atoms with Crippen molar-refractivity contribution in [3.05, 3.63) is 60.2 Å². The Bertz CT molecular complexity index is 833. The number of rotatable bonds is 11. The van der Waals surface area contributed by atoms with E-state index >= 15 is 0 Å². The Morgan fingerprint density at radius 1 is 1.00 bits per heavy atom. The first kappa shape index (κ1) is 26.4. The third-order valence-electron chi connectivity index (χ3n) is 4.26. The number of nitrogens with zero attached hydrogens (tertiary/aromatic N) is 1. The van der Waals surface area contributed by atoms with Crippen LogP contribution in [0.2, 0.25) is 0 Å². The summed E-state index contributed by atoms with van der Waals surface area (Å²) in [5.41, 5.74) is 1.98. The number of benzene rings is 2. The minimum absolute atomic E-state index is 0. The van der Waals surface area contributed by atoms with Gasteiger partial charge < -0.3 is 29.6 Å². The van der Waals surface area contributed by atoms with E-state index in [4.69, 9.17) is 18.9 Å². The average molecular weight is 541 g/mol. The molecule has 2 aromatic rings. The van der Waals surface area contributed by atoms with E-state index in [2.05, 4.69) is 22.2 Å². The van der Waals surface area contributed by atoms with Gasteiger partial charge in [0.2, 0.25) is 5.75 Å². The Labute approximate surface area is 201 Å². The van der Waals surface area contributed by atoms with Gasteiger partial charge in [-0.2, -0.15) is 0 Å². The SMILES string of the molecule is C=CCOc1ccccc1CNC(=NCc1cc(OC)c(OC)c(OC)c1)NCC.I. The lowest BCUT2D eigenvalue weighted by atomic mass is 10.2. The van der Waals surface area contributed by atoms with Crippen LogP contribution in [0.15, 0.2) is 54.0 Å². The van der Waals surface area contributed by atoms with Crippen LogP contribution in [-0.4, -0.2) is 40.4 Å². The lowest BCUT2D eigenvalue weighted by Gasteiger charge is -2.15. The van der Waals surface area contributed by atoms with E-state index in [1.54, 1.807) is 27.4 Å². The number of halogens is 1. The molecule has 0 radical (unpaired) electrons. The van der Waals surface area contributed by atoms with Gasteiger partial charge in [0.25, 0.3) is 0 Å². The molecule has 0 spiro atoms. The molecule has 0 atom stereocenters. The predicted octanol–water partition coefficient (Wildman–Crippen LogP) is 4.15. The average Bonchev–Trinajstić information content (AvgIpc) is 2.79. The maximum atomic E-state index is 5.72. The minimum atomic E-state index is 0. The largest absolute Gasteiger partial charge is 0.493 e. The Hall–Kier alpha value is -2.62. The zero-order valence-corrected chi connectivity index (χ0v) is 20.9. The summed E-state index contributed by atoms with van der Waals surface area (Å²) in [6.45, 7) is 7.96. The van der Waals surface area contributed by atoms with E-state index < -0.39 is 0 Å². The van der Waals surface area contributed by atoms with Crippen molar-refractivity contribution in [1.29, 1.82) is 0 Å². The van der Waals surface area contributed by atoms with Gasteiger partial charge in [0.05, 0.1) is 27.9 Å². The molecular formula is C23H32IN3O4. The molecule has 0 aliphatic carbocycles. The summed E-state index contributed by atoms with van der Waals surface area (Å²) in [6.07, 6.45) is 1.73. The molecule has 170 valence electrons. The van der Waals surface area contributed by atoms with Crippen molar-refractivity contribution in [2.45, 2.75) is 20.0 Å². The van der Waals surface area contributed by atoms with Crippen LogP contribution in [-0.2, 0) is 13.1 Å². The molecule has 0 aliphatic rings. The highest BCUT2D eigenvalue weighted by molar-refractivity contribution is 14.0. The molecule has 0 saturated carbocycles. The fraction of sp³-hybridized carbons (Fsp3) is 0.348. The van der Waals surface area contributed by atoms with Crippen LogP contribution >= 0.6 is 24.0 Å². The molecule has 0 aliphatic heterocycles. The number of hydrogen-bond donors (Lipinski definition) is 2. The van der Waals surface area contributed by atoms with Gasteiger partial charge in [-0.1, -0.05) is 30.9 Å². The molecule has 2 aromatic carbocycles. The first-order valence-corrected chi connectivity index (χ1v) is 9.79. The van der Waals surface area contributed by atoms with Gasteiger partial charge in [0.1, 0.15) is 12.4 Å². The van der Waals surface area contributed by atoms with Gasteiger partial charge in [-0.3, -0.25) is 0 Å². The number of guanidine groups is 1. The Morgan fingerprint density at radius 2 is 1.68 bits per heavy atom. The molecule has 0 heterocycles. The number of methoxy groups -OCH3 is 3. The Morgan fingerprint density at radius 3 is 2.26 bits per heavy atom. The molecule has 0 bridgehead atoms. The van der Waals surface area contributed by atoms with Crippen molar-refractivity contribution in [1.82, 2.24) is 10.6 Å². The van der Waals surface area contributed by atoms with Gasteiger partial charge in [-0.15, -0.1) is 24.0 Å². The normalized spacial score (nSPS) is 10.5. The van der Waals surface area contributed by atoms with Crippen LogP contribution in [0.5, 0.6) is 23.0 Å². The van der Waals surface area contributed by atoms with E-state index in [0.717, 1.165) is 23.4 Å². The number of para-hydroxylation sites is 1. The quantitative estimate of drug-likeness (QED) is 0.193. The van der Waals surface area contributed by atoms with Gasteiger partial charge in [-0.25, -0.2) is 4.99 Å². The highest BCUT2D eigenvalue weighted by Gasteiger charge is 2.13. The molecule has 2 N–H and O–H groups in total. The topological polar surface area (TPSA) is 73.3 Å². The van der Waals surface area contributed by atoms with Gasteiger partial charge >= 0.3 is 0 Å². The third kappa shape index (κ3) is 7.86. The van der Waals surface area contributed by atoms with Crippen LogP contribution in [0, 0.1) is 0 Å². The molecule has 0 amide bonds. The number of nitrogens with one attached hydrogen (secondary N) is 2. The molecule has 8 heteroatoms. The maximum absolute atomic E-state index is 5.72. The molecule has 0 saturated heterocycles. The second-order valence-electron chi connectivity index (χ2n) is 6.29. The van der Waals surface area contributed by atoms with Crippen molar-refractivity contribution in [2.24, 2.45) is 4.99 Å². The number of aliphatic imine (C=N–C) groups is 1. The van der Waals surface area contributed by atoms with E-state index in [-0.39, 0.29) is 24.0 Å². The molecular weight excluding hydrogens is 509 g/mol. The number of ether oxygens (including phenoxy) is 4. The van der Waals surface area contributed by atoms with Crippen LogP contribution in [0.1, 0.15) is 18.1 Å². The second-order valence-corrected chi connectivity index (χ2v) is 6.29. The van der Waals surface area contributed by atoms with Crippen LogP contribution in [0.4, 0.5) is 0 Å². The highest BCUT2D eigenvalue weighted by atomic mass is 127. The summed E-state index contributed by atoms with van der Waals surface area (Å²) >= 11 is 0. The third-order valence-corrected chi connectivity index (χ3v) is 4.26. The zero-order chi connectivity index (χ0) is 21.8. The molecule has 7 nitrogen and oxygen atoms in total. The molecule has 0 unspecified atom stereocenters. The van der Waals surface area contributed by atoms with Crippen LogP contribution in [0.3, 0.4) is 0 Å². The van der Waals surface area contributed by atoms with Crippen molar-refractivity contribution in [3.8, 4) is 23.0 Å². The van der Waals surface area contributed by atoms with Gasteiger partial charge in [-0.05, 0) is 30.7 Å². The second kappa shape index (κ2) is 14.4. The van der Waals surface area contributed by atoms with Crippen molar-refractivity contribution < 1.29 is 18.9 Å². The molecule has 2 rings (SSSR count). The van der Waals surface area contributed by atoms with E-state index in [1.165, 1.54) is 0 Å². The van der Waals surface area contributed by atoms with E-state index in [0.29, 0.717) is 42.9 Å². The first-order valence-electron chi connectivity index (χ1n) is 9.79. The van der Waals surface area contributed by atoms with Gasteiger partial charge in [0.15, 0.2) is 17.5 Å². The summed E-state index contributed by atoms with van der Waals surface area (Å²) in [5.74, 6) is 3.30. The summed E-state index contributed by atoms with van der Waals surface area (Å²) in [5, 5.41) is 6.61. The summed E-state index contributed by atoms with van der Waals surface area (Å²) in [7, 11) is 4.78. The lowest BCUT2D eigenvalue weighted by Crippen LogP contribution is -2.36. The Kier molecular flexibility index (Phi) is 12.3. The lowest BCUT2D eigenvalue weighted by molar-refractivity contribution is 0.324. The van der Waals surface area contributed by atoms with E-state index in [1.807, 2.05) is 43.3 Å². The maximum Gasteiger partial charge on any atom is 0.203 e. The molecule has 0 aromatic heterocycles. The fourth-order valence-corrected chi connectivity index (χ4v) is 2.86. The van der Waals surface area contributed by atoms with Gasteiger partial charge in [0, 0.05) is 18.7 Å². The Balaban J connectivity index is 0.00000480. The number of hydrogen-bond acceptors (Lipinski definition) is 5. The summed E-state index contributed by atoms with van der Waals surface area (Å²) in [4.78, 5) is 4.68. The smallest absolute Gasteiger partial charge is 0.203 e. The van der Waals surface area contributed by atoms with Crippen molar-refractivity contribution >= 4 is 29.9 Å². The monoisotopic (exact) mass is 541 g/mol. The van der Waals surface area contributed by atoms with Crippen molar-refractivity contribution in [2.75, 3.05) is 34.5 Å². The molecule has 0 fully saturated rings. The van der Waals surface area contributed by atoms with E-state index in [9.17, 15) is 0 Å². The minimum Gasteiger partial charge on any atom is -0.493 e. The molecule has 31 heavy (non-hydrogen) atoms. The van der Waals surface area contributed by atoms with Crippen LogP contribution in [0.25, 0.3) is 0 Å². The standard InChI is InChI=1S/C23H31N3O4.HI/c1-6-12-30-19-11-9-8-10-18(19)16-26-23(24-7-2)25-15-17-13-20(27-3)22(29-5)21(14-17)28-4;/h6,8-11,13-14H,1,7,12,15-16H2,2-5H3,(H2,24,25,26);1H. The van der Waals surface area contributed by atoms with Crippen molar-refractivity contribution in [3.63, 3.8) is 0 Å². The predicted molar refractivity (Wildman–Crippen MR) is 135 cm³/mol. The zero-order valence-electron chi connectivity index (χ0n) is 18.6. The highest BCUT2D eigenvalue weighted by Crippen LogP contribution is 2.38. The summed E-state index contributed by atoms with van der Waals surface area (Å²) < 4.78 is 21.9. The summed E-state index contributed by atoms with van der Waals surface area (Å²) in [6, 6.07) is 11.7. The fourth-order valence-electron chi connectivity index (χ4n) is 2.86. The first-order chi connectivity index (χ1) is 14.7.